The third-order valence-corrected chi connectivity index (χ3v) is 7.83. The molecule has 0 saturated carbocycles. The molecule has 1 N–H and O–H groups in total. The van der Waals surface area contributed by atoms with E-state index in [0.29, 0.717) is 12.8 Å². The molecule has 2 fully saturated rings. The Balaban J connectivity index is 1.72. The number of carbonyl (C=O) groups is 2. The molecule has 2 aliphatic rings. The quantitative estimate of drug-likeness (QED) is 0.717. The molecule has 0 spiro atoms. The van der Waals surface area contributed by atoms with Crippen LogP contribution in [-0.2, 0) is 18.6 Å². The summed E-state index contributed by atoms with van der Waals surface area (Å²) >= 11 is 0. The van der Waals surface area contributed by atoms with Gasteiger partial charge in [0.05, 0.1) is 25.9 Å². The third kappa shape index (κ3) is 4.70. The van der Waals surface area contributed by atoms with Gasteiger partial charge in [-0.05, 0) is 30.9 Å². The van der Waals surface area contributed by atoms with Gasteiger partial charge in [0.25, 0.3) is 0 Å². The second kappa shape index (κ2) is 8.67. The topological polar surface area (TPSA) is 94.2 Å². The van der Waals surface area contributed by atoms with Gasteiger partial charge in [-0.1, -0.05) is 0 Å². The van der Waals surface area contributed by atoms with Crippen LogP contribution in [0, 0.1) is 11.6 Å². The minimum atomic E-state index is -2.69. The fourth-order valence-corrected chi connectivity index (χ4v) is 5.66. The third-order valence-electron chi connectivity index (χ3n) is 5.29. The van der Waals surface area contributed by atoms with Crippen LogP contribution in [0.5, 0.6) is 0 Å². The van der Waals surface area contributed by atoms with Crippen molar-refractivity contribution in [2.24, 2.45) is 0 Å². The summed E-state index contributed by atoms with van der Waals surface area (Å²) in [6.45, 7) is 0.0428. The Morgan fingerprint density at radius 1 is 1.28 bits per heavy atom. The molecule has 2 saturated heterocycles. The zero-order valence-corrected chi connectivity index (χ0v) is 17.0. The number of hydrogen-bond donors (Lipinski definition) is 1. The van der Waals surface area contributed by atoms with E-state index in [1.165, 1.54) is 14.2 Å². The number of benzene rings is 1. The summed E-state index contributed by atoms with van der Waals surface area (Å²) in [6.07, 6.45) is -0.812. The number of alkyl carbamates (subject to hydrolysis) is 1. The second-order valence-corrected chi connectivity index (χ2v) is 9.92. The van der Waals surface area contributed by atoms with Crippen LogP contribution in [-0.4, -0.2) is 57.9 Å². The van der Waals surface area contributed by atoms with Crippen LogP contribution >= 0.6 is 7.37 Å². The monoisotopic (exact) mass is 432 g/mol. The first-order valence-corrected chi connectivity index (χ1v) is 11.2. The van der Waals surface area contributed by atoms with Crippen molar-refractivity contribution in [3.8, 4) is 0 Å². The summed E-state index contributed by atoms with van der Waals surface area (Å²) in [7, 11) is -0.100. The Bertz CT molecular complexity index is 817. The maximum Gasteiger partial charge on any atom is 0.414 e. The molecule has 0 aromatic heterocycles. The van der Waals surface area contributed by atoms with Crippen molar-refractivity contribution in [2.75, 3.05) is 44.5 Å². The summed E-state index contributed by atoms with van der Waals surface area (Å²) in [6, 6.07) is 2.20. The van der Waals surface area contributed by atoms with Crippen molar-refractivity contribution in [3.63, 3.8) is 0 Å². The van der Waals surface area contributed by atoms with Crippen molar-refractivity contribution in [1.29, 1.82) is 0 Å². The highest BCUT2D eigenvalue weighted by Crippen LogP contribution is 2.54. The van der Waals surface area contributed by atoms with E-state index >= 15 is 0 Å². The molecule has 11 heteroatoms. The fraction of sp³-hybridized carbons (Fsp3) is 0.556. The smallest absolute Gasteiger partial charge is 0.414 e. The SMILES string of the molecule is COC(=O)NC[C@H]1CN(c2cc(F)c(C3CCP(=O)(OC)CC3)c(F)c2)C(=O)O1. The van der Waals surface area contributed by atoms with Gasteiger partial charge < -0.3 is 19.3 Å². The van der Waals surface area contributed by atoms with Crippen molar-refractivity contribution in [3.05, 3.63) is 29.3 Å². The number of ether oxygens (including phenoxy) is 2. The van der Waals surface area contributed by atoms with Gasteiger partial charge >= 0.3 is 12.2 Å². The first-order valence-electron chi connectivity index (χ1n) is 9.19. The molecular weight excluding hydrogens is 409 g/mol. The highest BCUT2D eigenvalue weighted by Gasteiger charge is 2.36. The lowest BCUT2D eigenvalue weighted by Crippen LogP contribution is -2.34. The molecular formula is C18H23F2N2O6P. The normalized spacial score (nSPS) is 26.9. The molecule has 1 aromatic rings. The molecule has 2 heterocycles. The molecule has 0 aliphatic carbocycles. The van der Waals surface area contributed by atoms with Crippen molar-refractivity contribution < 1.29 is 36.9 Å². The number of methoxy groups -OCH3 is 1. The van der Waals surface area contributed by atoms with E-state index in [1.54, 1.807) is 0 Å². The van der Waals surface area contributed by atoms with Crippen LogP contribution in [0.4, 0.5) is 24.1 Å². The summed E-state index contributed by atoms with van der Waals surface area (Å²) in [5.41, 5.74) is -0.0275. The lowest BCUT2D eigenvalue weighted by atomic mass is 9.92. The van der Waals surface area contributed by atoms with Crippen LogP contribution in [0.25, 0.3) is 0 Å². The molecule has 1 atom stereocenters. The largest absolute Gasteiger partial charge is 0.453 e. The summed E-state index contributed by atoms with van der Waals surface area (Å²) in [4.78, 5) is 24.3. The number of rotatable bonds is 5. The van der Waals surface area contributed by atoms with Gasteiger partial charge in [0.2, 0.25) is 7.37 Å². The number of anilines is 1. The molecule has 0 unspecified atom stereocenters. The van der Waals surface area contributed by atoms with E-state index in [9.17, 15) is 22.9 Å². The minimum absolute atomic E-state index is 0.0135. The first-order chi connectivity index (χ1) is 13.8. The highest BCUT2D eigenvalue weighted by molar-refractivity contribution is 7.59. The summed E-state index contributed by atoms with van der Waals surface area (Å²) in [5, 5.41) is 2.41. The first kappa shape index (κ1) is 21.5. The molecule has 0 radical (unpaired) electrons. The van der Waals surface area contributed by atoms with Gasteiger partial charge in [-0.25, -0.2) is 18.4 Å². The Labute approximate surface area is 166 Å². The lowest BCUT2D eigenvalue weighted by Gasteiger charge is -2.28. The molecule has 2 amide bonds. The zero-order chi connectivity index (χ0) is 21.2. The average Bonchev–Trinajstić information content (AvgIpc) is 3.07. The van der Waals surface area contributed by atoms with E-state index in [4.69, 9.17) is 9.26 Å². The Hall–Kier alpha value is -2.19. The molecule has 0 bridgehead atoms. The number of hydrogen-bond acceptors (Lipinski definition) is 6. The Morgan fingerprint density at radius 2 is 1.90 bits per heavy atom. The van der Waals surface area contributed by atoms with Gasteiger partial charge in [-0.3, -0.25) is 9.46 Å². The molecule has 29 heavy (non-hydrogen) atoms. The van der Waals surface area contributed by atoms with E-state index < -0.39 is 43.2 Å². The minimum Gasteiger partial charge on any atom is -0.453 e. The average molecular weight is 432 g/mol. The van der Waals surface area contributed by atoms with Gasteiger partial charge in [0.1, 0.15) is 17.7 Å². The van der Waals surface area contributed by atoms with E-state index in [2.05, 4.69) is 10.1 Å². The highest BCUT2D eigenvalue weighted by atomic mass is 31.2. The van der Waals surface area contributed by atoms with Gasteiger partial charge in [-0.2, -0.15) is 0 Å². The van der Waals surface area contributed by atoms with E-state index in [0.717, 1.165) is 17.0 Å². The van der Waals surface area contributed by atoms with Gasteiger partial charge in [0, 0.05) is 25.0 Å². The van der Waals surface area contributed by atoms with E-state index in [-0.39, 0.29) is 36.7 Å². The van der Waals surface area contributed by atoms with Crippen LogP contribution in [0.2, 0.25) is 0 Å². The van der Waals surface area contributed by atoms with Crippen LogP contribution < -0.4 is 10.2 Å². The van der Waals surface area contributed by atoms with Crippen molar-refractivity contribution >= 4 is 25.2 Å². The van der Waals surface area contributed by atoms with Crippen LogP contribution in [0.15, 0.2) is 12.1 Å². The lowest BCUT2D eigenvalue weighted by molar-refractivity contribution is 0.132. The molecule has 2 aliphatic heterocycles. The van der Waals surface area contributed by atoms with Crippen LogP contribution in [0.1, 0.15) is 24.3 Å². The number of nitrogens with one attached hydrogen (secondary N) is 1. The molecule has 3 rings (SSSR count). The fourth-order valence-electron chi connectivity index (χ4n) is 3.66. The summed E-state index contributed by atoms with van der Waals surface area (Å²) in [5.74, 6) is -1.92. The van der Waals surface area contributed by atoms with Crippen molar-refractivity contribution in [2.45, 2.75) is 24.9 Å². The van der Waals surface area contributed by atoms with E-state index in [1.807, 2.05) is 0 Å². The van der Waals surface area contributed by atoms with Crippen LogP contribution in [0.3, 0.4) is 0 Å². The maximum atomic E-state index is 14.8. The standard InChI is InChI=1S/C18H23F2N2O6P/c1-26-17(23)21-9-13-10-22(18(24)28-13)12-7-14(19)16(15(20)8-12)11-3-5-29(25,27-2)6-4-11/h7-8,11,13H,3-6,9-10H2,1-2H3,(H,21,23)/t11?,13-,29?/m0/s1. The van der Waals surface area contributed by atoms with Gasteiger partial charge in [0.15, 0.2) is 0 Å². The Morgan fingerprint density at radius 3 is 2.45 bits per heavy atom. The van der Waals surface area contributed by atoms with Crippen molar-refractivity contribution in [1.82, 2.24) is 5.32 Å². The number of halogens is 2. The Kier molecular flexibility index (Phi) is 6.43. The predicted molar refractivity (Wildman–Crippen MR) is 101 cm³/mol. The summed E-state index contributed by atoms with van der Waals surface area (Å²) < 4.78 is 56.4. The molecule has 160 valence electrons. The van der Waals surface area contributed by atoms with Gasteiger partial charge in [-0.15, -0.1) is 0 Å². The molecule has 8 nitrogen and oxygen atoms in total. The molecule has 1 aromatic carbocycles. The maximum absolute atomic E-state index is 14.8. The number of carbonyl (C=O) groups excluding carboxylic acids is 2. The zero-order valence-electron chi connectivity index (χ0n) is 16.2. The number of amides is 2. The number of nitrogens with zero attached hydrogens (tertiary/aromatic N) is 1. The predicted octanol–water partition coefficient (Wildman–Crippen LogP) is 3.45. The second-order valence-electron chi connectivity index (χ2n) is 7.03. The number of cyclic esters (lactones) is 1.